The molecule has 0 aliphatic heterocycles. The van der Waals surface area contributed by atoms with E-state index in [2.05, 4.69) is 15.4 Å². The standard InChI is InChI=1S/C13H13N5O3/c1-17-7-10(5-14-17)12-11(13(19)20-2)15-16-18(12)6-9-3-4-21-8-9/h3-5,7-8H,6H2,1-2H3. The average molecular weight is 287 g/mol. The molecule has 0 unspecified atom stereocenters. The van der Waals surface area contributed by atoms with E-state index in [-0.39, 0.29) is 5.69 Å². The molecule has 0 spiro atoms. The lowest BCUT2D eigenvalue weighted by molar-refractivity contribution is 0.0595. The normalized spacial score (nSPS) is 10.8. The number of hydrogen-bond donors (Lipinski definition) is 0. The second kappa shape index (κ2) is 5.23. The van der Waals surface area contributed by atoms with Crippen molar-refractivity contribution in [3.05, 3.63) is 42.2 Å². The fourth-order valence-corrected chi connectivity index (χ4v) is 2.04. The Labute approximate surface area is 119 Å². The molecule has 8 heteroatoms. The molecule has 0 bridgehead atoms. The number of carbonyl (C=O) groups excluding carboxylic acids is 1. The molecule has 3 aromatic heterocycles. The maximum atomic E-state index is 11.8. The van der Waals surface area contributed by atoms with E-state index in [0.29, 0.717) is 12.2 Å². The van der Waals surface area contributed by atoms with Gasteiger partial charge >= 0.3 is 5.97 Å². The minimum Gasteiger partial charge on any atom is -0.472 e. The molecule has 0 aliphatic carbocycles. The van der Waals surface area contributed by atoms with Crippen LogP contribution in [0.5, 0.6) is 0 Å². The lowest BCUT2D eigenvalue weighted by Gasteiger charge is -2.04. The lowest BCUT2D eigenvalue weighted by Crippen LogP contribution is -2.07. The summed E-state index contributed by atoms with van der Waals surface area (Å²) in [6.07, 6.45) is 6.64. The van der Waals surface area contributed by atoms with Crippen LogP contribution in [0.3, 0.4) is 0 Å². The van der Waals surface area contributed by atoms with Gasteiger partial charge in [0.25, 0.3) is 0 Å². The summed E-state index contributed by atoms with van der Waals surface area (Å²) in [7, 11) is 3.11. The van der Waals surface area contributed by atoms with Crippen LogP contribution < -0.4 is 0 Å². The molecule has 0 atom stereocenters. The Morgan fingerprint density at radius 3 is 2.95 bits per heavy atom. The predicted octanol–water partition coefficient (Wildman–Crippen LogP) is 1.11. The summed E-state index contributed by atoms with van der Waals surface area (Å²) in [5.74, 6) is -0.535. The molecule has 108 valence electrons. The van der Waals surface area contributed by atoms with Crippen molar-refractivity contribution in [2.45, 2.75) is 6.54 Å². The Hall–Kier alpha value is -2.90. The number of aryl methyl sites for hydroxylation is 1. The van der Waals surface area contributed by atoms with Gasteiger partial charge in [-0.1, -0.05) is 5.21 Å². The van der Waals surface area contributed by atoms with Crippen molar-refractivity contribution in [2.75, 3.05) is 7.11 Å². The Bertz CT molecular complexity index is 757. The topological polar surface area (TPSA) is 88.0 Å². The first-order chi connectivity index (χ1) is 10.2. The molecule has 0 N–H and O–H groups in total. The Morgan fingerprint density at radius 2 is 2.33 bits per heavy atom. The maximum absolute atomic E-state index is 11.8. The van der Waals surface area contributed by atoms with E-state index < -0.39 is 5.97 Å². The Morgan fingerprint density at radius 1 is 1.48 bits per heavy atom. The first-order valence-electron chi connectivity index (χ1n) is 6.21. The van der Waals surface area contributed by atoms with Gasteiger partial charge in [0.05, 0.1) is 32.4 Å². The second-order valence-corrected chi connectivity index (χ2v) is 4.47. The molecule has 0 aliphatic rings. The highest BCUT2D eigenvalue weighted by atomic mass is 16.5. The smallest absolute Gasteiger partial charge is 0.360 e. The first-order valence-corrected chi connectivity index (χ1v) is 6.21. The molecular weight excluding hydrogens is 274 g/mol. The number of carbonyl (C=O) groups is 1. The van der Waals surface area contributed by atoms with Crippen LogP contribution >= 0.6 is 0 Å². The highest BCUT2D eigenvalue weighted by molar-refractivity contribution is 5.93. The number of furan rings is 1. The van der Waals surface area contributed by atoms with Crippen molar-refractivity contribution in [1.82, 2.24) is 24.8 Å². The molecule has 8 nitrogen and oxygen atoms in total. The van der Waals surface area contributed by atoms with Gasteiger partial charge in [-0.25, -0.2) is 9.48 Å². The zero-order valence-corrected chi connectivity index (χ0v) is 11.6. The Balaban J connectivity index is 2.07. The van der Waals surface area contributed by atoms with Crippen molar-refractivity contribution in [1.29, 1.82) is 0 Å². The van der Waals surface area contributed by atoms with Gasteiger partial charge in [-0.3, -0.25) is 4.68 Å². The van der Waals surface area contributed by atoms with Crippen LogP contribution in [-0.2, 0) is 18.3 Å². The van der Waals surface area contributed by atoms with Crippen LogP contribution in [0.15, 0.2) is 35.4 Å². The third-order valence-corrected chi connectivity index (χ3v) is 3.00. The van der Waals surface area contributed by atoms with Crippen LogP contribution in [0.2, 0.25) is 0 Å². The number of nitrogens with zero attached hydrogens (tertiary/aromatic N) is 5. The SMILES string of the molecule is COC(=O)c1nnn(Cc2ccoc2)c1-c1cnn(C)c1. The number of hydrogen-bond acceptors (Lipinski definition) is 6. The molecule has 0 fully saturated rings. The summed E-state index contributed by atoms with van der Waals surface area (Å²) >= 11 is 0. The van der Waals surface area contributed by atoms with E-state index in [9.17, 15) is 4.79 Å². The van der Waals surface area contributed by atoms with Crippen molar-refractivity contribution in [3.63, 3.8) is 0 Å². The third-order valence-electron chi connectivity index (χ3n) is 3.00. The van der Waals surface area contributed by atoms with Gasteiger partial charge in [-0.2, -0.15) is 5.10 Å². The van der Waals surface area contributed by atoms with Gasteiger partial charge in [-0.15, -0.1) is 5.10 Å². The largest absolute Gasteiger partial charge is 0.472 e. The predicted molar refractivity (Wildman–Crippen MR) is 71.4 cm³/mol. The van der Waals surface area contributed by atoms with Crippen molar-refractivity contribution in [2.24, 2.45) is 7.05 Å². The highest BCUT2D eigenvalue weighted by Gasteiger charge is 2.23. The van der Waals surface area contributed by atoms with E-state index >= 15 is 0 Å². The van der Waals surface area contributed by atoms with Crippen LogP contribution in [0.4, 0.5) is 0 Å². The van der Waals surface area contributed by atoms with E-state index in [0.717, 1.165) is 11.1 Å². The summed E-state index contributed by atoms with van der Waals surface area (Å²) in [6.45, 7) is 0.435. The molecule has 0 radical (unpaired) electrons. The molecule has 0 amide bonds. The van der Waals surface area contributed by atoms with Crippen LogP contribution in [0, 0.1) is 0 Å². The van der Waals surface area contributed by atoms with Crippen molar-refractivity contribution < 1.29 is 13.9 Å². The fraction of sp³-hybridized carbons (Fsp3) is 0.231. The van der Waals surface area contributed by atoms with Gasteiger partial charge in [-0.05, 0) is 6.07 Å². The number of aromatic nitrogens is 5. The third kappa shape index (κ3) is 2.42. The number of ether oxygens (including phenoxy) is 1. The lowest BCUT2D eigenvalue weighted by atomic mass is 10.2. The van der Waals surface area contributed by atoms with Crippen LogP contribution in [0.25, 0.3) is 11.3 Å². The zero-order valence-electron chi connectivity index (χ0n) is 11.6. The van der Waals surface area contributed by atoms with Crippen molar-refractivity contribution >= 4 is 5.97 Å². The molecule has 0 aromatic carbocycles. The molecule has 0 saturated heterocycles. The summed E-state index contributed by atoms with van der Waals surface area (Å²) < 4.78 is 13.1. The number of rotatable bonds is 4. The zero-order chi connectivity index (χ0) is 14.8. The number of methoxy groups -OCH3 is 1. The first kappa shape index (κ1) is 13.1. The van der Waals surface area contributed by atoms with E-state index in [1.54, 1.807) is 41.3 Å². The number of esters is 1. The van der Waals surface area contributed by atoms with Gasteiger partial charge in [0.2, 0.25) is 0 Å². The summed E-state index contributed by atoms with van der Waals surface area (Å²) in [4.78, 5) is 11.8. The van der Waals surface area contributed by atoms with E-state index in [1.165, 1.54) is 7.11 Å². The van der Waals surface area contributed by atoms with Gasteiger partial charge in [0.1, 0.15) is 5.69 Å². The monoisotopic (exact) mass is 287 g/mol. The van der Waals surface area contributed by atoms with Gasteiger partial charge in [0.15, 0.2) is 5.69 Å². The molecule has 3 rings (SSSR count). The molecule has 21 heavy (non-hydrogen) atoms. The van der Waals surface area contributed by atoms with Crippen LogP contribution in [0.1, 0.15) is 16.1 Å². The summed E-state index contributed by atoms with van der Waals surface area (Å²) in [6, 6.07) is 1.83. The van der Waals surface area contributed by atoms with Gasteiger partial charge in [0, 0.05) is 24.4 Å². The maximum Gasteiger partial charge on any atom is 0.360 e. The molecule has 0 saturated carbocycles. The molecule has 3 aromatic rings. The van der Waals surface area contributed by atoms with E-state index in [1.807, 2.05) is 6.07 Å². The minimum atomic E-state index is -0.535. The summed E-state index contributed by atoms with van der Waals surface area (Å²) in [5.41, 5.74) is 2.39. The van der Waals surface area contributed by atoms with Crippen LogP contribution in [-0.4, -0.2) is 37.9 Å². The Kier molecular flexibility index (Phi) is 3.27. The second-order valence-electron chi connectivity index (χ2n) is 4.47. The van der Waals surface area contributed by atoms with E-state index in [4.69, 9.17) is 9.15 Å². The molecule has 3 heterocycles. The quantitative estimate of drug-likeness (QED) is 0.668. The summed E-state index contributed by atoms with van der Waals surface area (Å²) in [5, 5.41) is 12.1. The fourth-order valence-electron chi connectivity index (χ4n) is 2.04. The van der Waals surface area contributed by atoms with Crippen molar-refractivity contribution in [3.8, 4) is 11.3 Å². The highest BCUT2D eigenvalue weighted by Crippen LogP contribution is 2.23. The van der Waals surface area contributed by atoms with Gasteiger partial charge < -0.3 is 9.15 Å². The minimum absolute atomic E-state index is 0.161. The molecular formula is C13H13N5O3. The average Bonchev–Trinajstić information content (AvgIpc) is 3.19.